The van der Waals surface area contributed by atoms with Crippen LogP contribution in [0.5, 0.6) is 0 Å². The number of rotatable bonds is 4. The number of amides is 1. The normalized spacial score (nSPS) is 15.2. The average Bonchev–Trinajstić information content (AvgIpc) is 2.56. The monoisotopic (exact) mass is 360 g/mol. The van der Waals surface area contributed by atoms with E-state index < -0.39 is 5.91 Å². The number of nitrogens with one attached hydrogen (secondary N) is 1. The molecule has 0 radical (unpaired) electrons. The Morgan fingerprint density at radius 1 is 1.28 bits per heavy atom. The summed E-state index contributed by atoms with van der Waals surface area (Å²) in [7, 11) is 0. The van der Waals surface area contributed by atoms with Crippen LogP contribution in [0.15, 0.2) is 18.3 Å². The first-order valence-corrected chi connectivity index (χ1v) is 8.59. The van der Waals surface area contributed by atoms with Crippen molar-refractivity contribution in [3.63, 3.8) is 0 Å². The summed E-state index contributed by atoms with van der Waals surface area (Å²) in [5.74, 6) is 1.81. The molecular formula is C17H21ClN6O. The van der Waals surface area contributed by atoms with Crippen LogP contribution >= 0.6 is 11.6 Å². The zero-order valence-corrected chi connectivity index (χ0v) is 15.0. The third-order valence-electron chi connectivity index (χ3n) is 4.24. The van der Waals surface area contributed by atoms with Crippen LogP contribution in [0, 0.1) is 13.8 Å². The molecule has 25 heavy (non-hydrogen) atoms. The highest BCUT2D eigenvalue weighted by atomic mass is 35.5. The second-order valence-electron chi connectivity index (χ2n) is 6.24. The van der Waals surface area contributed by atoms with E-state index >= 15 is 0 Å². The zero-order chi connectivity index (χ0) is 18.0. The second kappa shape index (κ2) is 7.23. The highest BCUT2D eigenvalue weighted by molar-refractivity contribution is 6.33. The van der Waals surface area contributed by atoms with Crippen molar-refractivity contribution in [2.24, 2.45) is 5.73 Å². The maximum Gasteiger partial charge on any atom is 0.250 e. The Hall–Kier alpha value is -2.41. The number of primary amides is 1. The SMILES string of the molecule is Cc1cc(N2CCC(Nc3ncc(C(N)=O)cc3Cl)CC2)nc(C)n1. The minimum absolute atomic E-state index is 0.268. The largest absolute Gasteiger partial charge is 0.366 e. The van der Waals surface area contributed by atoms with Gasteiger partial charge in [-0.25, -0.2) is 15.0 Å². The molecule has 1 aliphatic rings. The maximum atomic E-state index is 11.2. The molecule has 132 valence electrons. The summed E-state index contributed by atoms with van der Waals surface area (Å²) in [6, 6.07) is 3.83. The van der Waals surface area contributed by atoms with Gasteiger partial charge in [-0.05, 0) is 32.8 Å². The van der Waals surface area contributed by atoms with Crippen LogP contribution in [0.2, 0.25) is 5.02 Å². The Morgan fingerprint density at radius 3 is 2.60 bits per heavy atom. The Bertz CT molecular complexity index is 768. The molecule has 8 heteroatoms. The highest BCUT2D eigenvalue weighted by Gasteiger charge is 2.21. The Balaban J connectivity index is 1.62. The van der Waals surface area contributed by atoms with Gasteiger partial charge in [-0.3, -0.25) is 4.79 Å². The molecule has 1 saturated heterocycles. The molecule has 3 heterocycles. The standard InChI is InChI=1S/C17H21ClN6O/c1-10-7-15(22-11(2)21-10)24-5-3-13(4-6-24)23-17-14(18)8-12(9-20-17)16(19)25/h7-9,13H,3-6H2,1-2H3,(H2,19,25)(H,20,23). The lowest BCUT2D eigenvalue weighted by Gasteiger charge is -2.33. The number of piperidine rings is 1. The molecule has 1 aliphatic heterocycles. The van der Waals surface area contributed by atoms with Gasteiger partial charge < -0.3 is 16.0 Å². The van der Waals surface area contributed by atoms with Crippen LogP contribution in [0.1, 0.15) is 34.7 Å². The molecular weight excluding hydrogens is 340 g/mol. The van der Waals surface area contributed by atoms with Gasteiger partial charge in [0.05, 0.1) is 10.6 Å². The molecule has 0 spiro atoms. The van der Waals surface area contributed by atoms with Crippen LogP contribution in [0.4, 0.5) is 11.6 Å². The Labute approximate surface area is 151 Å². The van der Waals surface area contributed by atoms with E-state index in [1.165, 1.54) is 6.20 Å². The van der Waals surface area contributed by atoms with Crippen molar-refractivity contribution in [3.05, 3.63) is 40.4 Å². The summed E-state index contributed by atoms with van der Waals surface area (Å²) in [6.45, 7) is 5.68. The lowest BCUT2D eigenvalue weighted by molar-refractivity contribution is 0.1000. The summed E-state index contributed by atoms with van der Waals surface area (Å²) in [4.78, 5) is 26.5. The number of nitrogens with two attached hydrogens (primary N) is 1. The molecule has 3 rings (SSSR count). The molecule has 3 N–H and O–H groups in total. The van der Waals surface area contributed by atoms with E-state index in [4.69, 9.17) is 17.3 Å². The molecule has 0 aliphatic carbocycles. The molecule has 2 aromatic rings. The number of nitrogens with zero attached hydrogens (tertiary/aromatic N) is 4. The van der Waals surface area contributed by atoms with Crippen molar-refractivity contribution in [1.29, 1.82) is 0 Å². The van der Waals surface area contributed by atoms with Crippen LogP contribution in [0.3, 0.4) is 0 Å². The van der Waals surface area contributed by atoms with Gasteiger partial charge in [-0.15, -0.1) is 0 Å². The molecule has 0 saturated carbocycles. The van der Waals surface area contributed by atoms with Crippen molar-refractivity contribution in [2.45, 2.75) is 32.7 Å². The number of hydrogen-bond acceptors (Lipinski definition) is 6. The van der Waals surface area contributed by atoms with Crippen LogP contribution in [0.25, 0.3) is 0 Å². The topological polar surface area (TPSA) is 97.0 Å². The first-order valence-electron chi connectivity index (χ1n) is 8.21. The summed E-state index contributed by atoms with van der Waals surface area (Å²) >= 11 is 6.19. The van der Waals surface area contributed by atoms with E-state index in [1.807, 2.05) is 19.9 Å². The third kappa shape index (κ3) is 4.17. The molecule has 0 unspecified atom stereocenters. The van der Waals surface area contributed by atoms with Crippen molar-refractivity contribution >= 4 is 29.1 Å². The number of aryl methyl sites for hydroxylation is 2. The van der Waals surface area contributed by atoms with Gasteiger partial charge >= 0.3 is 0 Å². The zero-order valence-electron chi connectivity index (χ0n) is 14.3. The minimum Gasteiger partial charge on any atom is -0.366 e. The summed E-state index contributed by atoms with van der Waals surface area (Å²) in [5.41, 5.74) is 6.52. The summed E-state index contributed by atoms with van der Waals surface area (Å²) in [6.07, 6.45) is 3.33. The van der Waals surface area contributed by atoms with Gasteiger partial charge in [0.15, 0.2) is 0 Å². The fourth-order valence-electron chi connectivity index (χ4n) is 2.98. The fraction of sp³-hybridized carbons (Fsp3) is 0.412. The van der Waals surface area contributed by atoms with E-state index in [9.17, 15) is 4.79 Å². The van der Waals surface area contributed by atoms with Gasteiger partial charge in [0, 0.05) is 37.1 Å². The number of halogens is 1. The molecule has 7 nitrogen and oxygen atoms in total. The number of aromatic nitrogens is 3. The van der Waals surface area contributed by atoms with Crippen LogP contribution in [-0.4, -0.2) is 40.0 Å². The predicted octanol–water partition coefficient (Wildman–Crippen LogP) is 2.32. The van der Waals surface area contributed by atoms with Gasteiger partial charge in [-0.2, -0.15) is 0 Å². The predicted molar refractivity (Wildman–Crippen MR) is 98.1 cm³/mol. The first-order chi connectivity index (χ1) is 11.9. The van der Waals surface area contributed by atoms with Gasteiger partial charge in [0.25, 0.3) is 0 Å². The lowest BCUT2D eigenvalue weighted by atomic mass is 10.0. The number of carbonyl (C=O) groups excluding carboxylic acids is 1. The molecule has 1 amide bonds. The summed E-state index contributed by atoms with van der Waals surface area (Å²) < 4.78 is 0. The maximum absolute atomic E-state index is 11.2. The van der Waals surface area contributed by atoms with E-state index in [-0.39, 0.29) is 6.04 Å². The van der Waals surface area contributed by atoms with Crippen molar-refractivity contribution in [2.75, 3.05) is 23.3 Å². The number of carbonyl (C=O) groups is 1. The average molecular weight is 361 g/mol. The number of anilines is 2. The van der Waals surface area contributed by atoms with E-state index in [2.05, 4.69) is 25.2 Å². The van der Waals surface area contributed by atoms with Crippen LogP contribution < -0.4 is 16.0 Å². The van der Waals surface area contributed by atoms with E-state index in [0.29, 0.717) is 16.4 Å². The molecule has 2 aromatic heterocycles. The van der Waals surface area contributed by atoms with Crippen molar-refractivity contribution in [3.8, 4) is 0 Å². The van der Waals surface area contributed by atoms with Gasteiger partial charge in [0.1, 0.15) is 17.5 Å². The smallest absolute Gasteiger partial charge is 0.250 e. The molecule has 1 fully saturated rings. The molecule has 0 bridgehead atoms. The fourth-order valence-corrected chi connectivity index (χ4v) is 3.21. The second-order valence-corrected chi connectivity index (χ2v) is 6.65. The molecule has 0 atom stereocenters. The molecule has 0 aromatic carbocycles. The summed E-state index contributed by atoms with van der Waals surface area (Å²) in [5, 5.41) is 3.76. The third-order valence-corrected chi connectivity index (χ3v) is 4.53. The van der Waals surface area contributed by atoms with Gasteiger partial charge in [-0.1, -0.05) is 11.6 Å². The van der Waals surface area contributed by atoms with E-state index in [0.717, 1.165) is 43.3 Å². The number of hydrogen-bond donors (Lipinski definition) is 2. The quantitative estimate of drug-likeness (QED) is 0.868. The van der Waals surface area contributed by atoms with Gasteiger partial charge in [0.2, 0.25) is 5.91 Å². The number of pyridine rings is 1. The minimum atomic E-state index is -0.537. The first kappa shape index (κ1) is 17.4. The Morgan fingerprint density at radius 2 is 2.00 bits per heavy atom. The highest BCUT2D eigenvalue weighted by Crippen LogP contribution is 2.25. The Kier molecular flexibility index (Phi) is 5.03. The van der Waals surface area contributed by atoms with Crippen molar-refractivity contribution < 1.29 is 4.79 Å². The van der Waals surface area contributed by atoms with E-state index in [1.54, 1.807) is 6.07 Å². The lowest BCUT2D eigenvalue weighted by Crippen LogP contribution is -2.39. The van der Waals surface area contributed by atoms with Crippen LogP contribution in [-0.2, 0) is 0 Å². The van der Waals surface area contributed by atoms with Crippen molar-refractivity contribution in [1.82, 2.24) is 15.0 Å².